The van der Waals surface area contributed by atoms with Crippen molar-refractivity contribution in [3.05, 3.63) is 115 Å². The molecule has 7 nitrogen and oxygen atoms in total. The summed E-state index contributed by atoms with van der Waals surface area (Å²) in [4.78, 5) is 28.1. The van der Waals surface area contributed by atoms with Crippen LogP contribution in [-0.2, 0) is 11.3 Å². The second-order valence-corrected chi connectivity index (χ2v) is 9.60. The van der Waals surface area contributed by atoms with Gasteiger partial charge in [0.1, 0.15) is 18.5 Å². The second-order valence-electron chi connectivity index (χ2n) is 9.60. The van der Waals surface area contributed by atoms with Gasteiger partial charge in [0.25, 0.3) is 5.91 Å². The number of rotatable bonds is 5. The Labute approximate surface area is 219 Å². The first-order valence-electron chi connectivity index (χ1n) is 12.6. The molecule has 0 bridgehead atoms. The first-order chi connectivity index (χ1) is 18.6. The van der Waals surface area contributed by atoms with Gasteiger partial charge < -0.3 is 19.7 Å². The van der Waals surface area contributed by atoms with Gasteiger partial charge in [-0.25, -0.2) is 4.79 Å². The molecule has 4 aromatic carbocycles. The highest BCUT2D eigenvalue weighted by atomic mass is 16.6. The summed E-state index contributed by atoms with van der Waals surface area (Å²) >= 11 is 0. The molecule has 2 atom stereocenters. The van der Waals surface area contributed by atoms with E-state index in [1.165, 1.54) is 0 Å². The molecule has 2 N–H and O–H groups in total. The van der Waals surface area contributed by atoms with Crippen LogP contribution in [0.25, 0.3) is 21.5 Å². The number of amides is 2. The van der Waals surface area contributed by atoms with Crippen LogP contribution in [0.1, 0.15) is 28.5 Å². The van der Waals surface area contributed by atoms with Crippen molar-refractivity contribution in [1.29, 1.82) is 0 Å². The summed E-state index contributed by atoms with van der Waals surface area (Å²) in [6.45, 7) is 0.450. The van der Waals surface area contributed by atoms with Crippen molar-refractivity contribution in [2.45, 2.75) is 25.2 Å². The first kappa shape index (κ1) is 23.6. The number of nitrogens with zero attached hydrogens (tertiary/aromatic N) is 2. The zero-order valence-corrected chi connectivity index (χ0v) is 20.7. The molecule has 0 spiro atoms. The summed E-state index contributed by atoms with van der Waals surface area (Å²) < 4.78 is 7.67. The smallest absolute Gasteiger partial charge is 0.411 e. The summed E-state index contributed by atoms with van der Waals surface area (Å²) in [5.74, 6) is -0.430. The maximum Gasteiger partial charge on any atom is 0.411 e. The summed E-state index contributed by atoms with van der Waals surface area (Å²) in [5.41, 5.74) is 1.11. The van der Waals surface area contributed by atoms with Crippen LogP contribution in [0.15, 0.2) is 103 Å². The van der Waals surface area contributed by atoms with Crippen molar-refractivity contribution < 1.29 is 19.4 Å². The molecule has 190 valence electrons. The van der Waals surface area contributed by atoms with E-state index in [1.54, 1.807) is 17.0 Å². The molecule has 1 aromatic heterocycles. The van der Waals surface area contributed by atoms with E-state index >= 15 is 0 Å². The minimum Gasteiger partial charge on any atom is -0.506 e. The number of nitrogens with one attached hydrogen (secondary N) is 1. The van der Waals surface area contributed by atoms with Gasteiger partial charge in [0.05, 0.1) is 11.6 Å². The Morgan fingerprint density at radius 1 is 0.842 bits per heavy atom. The number of hydrogen-bond acceptors (Lipinski definition) is 4. The lowest BCUT2D eigenvalue weighted by Crippen LogP contribution is -2.39. The number of hydrogen-bond donors (Lipinski definition) is 2. The summed E-state index contributed by atoms with van der Waals surface area (Å²) in [5, 5.41) is 17.4. The van der Waals surface area contributed by atoms with Gasteiger partial charge in [0, 0.05) is 30.7 Å². The van der Waals surface area contributed by atoms with Crippen LogP contribution < -0.4 is 5.32 Å². The lowest BCUT2D eigenvalue weighted by molar-refractivity contribution is 0.0796. The third kappa shape index (κ3) is 4.54. The maximum absolute atomic E-state index is 13.3. The molecule has 0 radical (unpaired) electrons. The Kier molecular flexibility index (Phi) is 6.17. The number of benzene rings is 4. The fraction of sp³-hybridized carbons (Fsp3) is 0.161. The highest BCUT2D eigenvalue weighted by Crippen LogP contribution is 2.32. The molecule has 1 aliphatic rings. The minimum atomic E-state index is -0.443. The number of phenols is 1. The Morgan fingerprint density at radius 3 is 2.24 bits per heavy atom. The van der Waals surface area contributed by atoms with Gasteiger partial charge in [-0.05, 0) is 27.8 Å². The Bertz CT molecular complexity index is 1600. The third-order valence-electron chi connectivity index (χ3n) is 7.11. The number of carbonyl (C=O) groups excluding carboxylic acids is 2. The van der Waals surface area contributed by atoms with Crippen molar-refractivity contribution in [2.24, 2.45) is 0 Å². The van der Waals surface area contributed by atoms with Crippen LogP contribution in [0.4, 0.5) is 4.79 Å². The van der Waals surface area contributed by atoms with E-state index in [-0.39, 0.29) is 42.6 Å². The number of phenolic OH excluding ortho intramolecular Hbond substituents is 1. The van der Waals surface area contributed by atoms with Gasteiger partial charge in [-0.1, -0.05) is 84.9 Å². The maximum atomic E-state index is 13.3. The van der Waals surface area contributed by atoms with E-state index in [2.05, 4.69) is 5.32 Å². The SMILES string of the molecule is O=C(N[C@H]1C[C@@H](n2cc3ccccc3c2)N(C(=O)OCc2ccccc2)C1)c1ccc2ccccc2c1O. The standard InChI is InChI=1S/C31H27N3O4/c35-29-26-13-7-6-10-22(26)14-15-27(29)30(36)32-25-16-28(33-17-23-11-4-5-12-24(23)18-33)34(19-25)31(37)38-20-21-8-2-1-3-9-21/h1-15,17-18,25,28,35H,16,19-20H2,(H,32,36)/t25-,28-/m0/s1. The van der Waals surface area contributed by atoms with Crippen LogP contribution in [-0.4, -0.2) is 39.2 Å². The zero-order valence-electron chi connectivity index (χ0n) is 20.7. The van der Waals surface area contributed by atoms with E-state index in [4.69, 9.17) is 4.74 Å². The molecule has 2 heterocycles. The fourth-order valence-corrected chi connectivity index (χ4v) is 5.18. The van der Waals surface area contributed by atoms with Crippen LogP contribution in [0, 0.1) is 0 Å². The molecule has 0 saturated carbocycles. The second kappa shape index (κ2) is 9.94. The lowest BCUT2D eigenvalue weighted by Gasteiger charge is -2.25. The van der Waals surface area contributed by atoms with Gasteiger partial charge >= 0.3 is 6.09 Å². The lowest BCUT2D eigenvalue weighted by atomic mass is 10.0. The zero-order chi connectivity index (χ0) is 26.1. The summed E-state index contributed by atoms with van der Waals surface area (Å²) in [6.07, 6.45) is 3.75. The van der Waals surface area contributed by atoms with E-state index in [1.807, 2.05) is 95.8 Å². The van der Waals surface area contributed by atoms with Gasteiger partial charge in [-0.15, -0.1) is 0 Å². The highest BCUT2D eigenvalue weighted by molar-refractivity contribution is 6.03. The molecule has 0 unspecified atom stereocenters. The Morgan fingerprint density at radius 2 is 1.50 bits per heavy atom. The molecule has 0 aliphatic carbocycles. The van der Waals surface area contributed by atoms with Crippen LogP contribution in [0.2, 0.25) is 0 Å². The first-order valence-corrected chi connectivity index (χ1v) is 12.6. The van der Waals surface area contributed by atoms with E-state index in [9.17, 15) is 14.7 Å². The number of aromatic hydroxyl groups is 1. The average Bonchev–Trinajstić information content (AvgIpc) is 3.57. The number of ether oxygens (including phenoxy) is 1. The van der Waals surface area contributed by atoms with Crippen LogP contribution >= 0.6 is 0 Å². The molecule has 6 rings (SSSR count). The summed E-state index contributed by atoms with van der Waals surface area (Å²) in [6, 6.07) is 28.1. The van der Waals surface area contributed by atoms with Gasteiger partial charge in [-0.2, -0.15) is 0 Å². The number of likely N-dealkylation sites (tertiary alicyclic amines) is 1. The average molecular weight is 506 g/mol. The van der Waals surface area contributed by atoms with Crippen molar-refractivity contribution in [3.63, 3.8) is 0 Å². The number of carbonyl (C=O) groups is 2. The van der Waals surface area contributed by atoms with E-state index in [0.717, 1.165) is 21.7 Å². The molecule has 1 saturated heterocycles. The quantitative estimate of drug-likeness (QED) is 0.314. The third-order valence-corrected chi connectivity index (χ3v) is 7.11. The topological polar surface area (TPSA) is 83.8 Å². The molecule has 1 aliphatic heterocycles. The van der Waals surface area contributed by atoms with Crippen molar-refractivity contribution in [1.82, 2.24) is 14.8 Å². The van der Waals surface area contributed by atoms with Crippen molar-refractivity contribution in [2.75, 3.05) is 6.54 Å². The van der Waals surface area contributed by atoms with Gasteiger partial charge in [-0.3, -0.25) is 9.69 Å². The molecule has 2 amide bonds. The predicted octanol–water partition coefficient (Wildman–Crippen LogP) is 5.84. The molecule has 1 fully saturated rings. The van der Waals surface area contributed by atoms with E-state index < -0.39 is 6.09 Å². The monoisotopic (exact) mass is 505 g/mol. The largest absolute Gasteiger partial charge is 0.506 e. The molecular formula is C31H27N3O4. The predicted molar refractivity (Wildman–Crippen MR) is 146 cm³/mol. The highest BCUT2D eigenvalue weighted by Gasteiger charge is 2.38. The molecule has 5 aromatic rings. The van der Waals surface area contributed by atoms with Gasteiger partial charge in [0.15, 0.2) is 0 Å². The molecule has 38 heavy (non-hydrogen) atoms. The molecule has 7 heteroatoms. The normalized spacial score (nSPS) is 17.1. The van der Waals surface area contributed by atoms with Crippen LogP contribution in [0.5, 0.6) is 5.75 Å². The van der Waals surface area contributed by atoms with Crippen molar-refractivity contribution in [3.8, 4) is 5.75 Å². The minimum absolute atomic E-state index is 0.0501. The number of fused-ring (bicyclic) bond motifs is 2. The number of aromatic nitrogens is 1. The Balaban J connectivity index is 1.24. The summed E-state index contributed by atoms with van der Waals surface area (Å²) in [7, 11) is 0. The van der Waals surface area contributed by atoms with E-state index in [0.29, 0.717) is 11.8 Å². The fourth-order valence-electron chi connectivity index (χ4n) is 5.18. The van der Waals surface area contributed by atoms with Crippen molar-refractivity contribution >= 4 is 33.5 Å². The van der Waals surface area contributed by atoms with Crippen LogP contribution in [0.3, 0.4) is 0 Å². The molecular weight excluding hydrogens is 478 g/mol. The Hall–Kier alpha value is -4.78. The van der Waals surface area contributed by atoms with Gasteiger partial charge in [0.2, 0.25) is 0 Å².